The first kappa shape index (κ1) is 11.2. The van der Waals surface area contributed by atoms with Crippen LogP contribution in [0.1, 0.15) is 18.5 Å². The van der Waals surface area contributed by atoms with E-state index < -0.39 is 0 Å². The van der Waals surface area contributed by atoms with Crippen LogP contribution in [0.25, 0.3) is 5.78 Å². The maximum absolute atomic E-state index is 4.38. The van der Waals surface area contributed by atoms with Gasteiger partial charge in [0.25, 0.3) is 5.78 Å². The second kappa shape index (κ2) is 4.16. The van der Waals surface area contributed by atoms with Crippen LogP contribution in [0.15, 0.2) is 12.4 Å². The zero-order valence-corrected chi connectivity index (χ0v) is 11.1. The first-order chi connectivity index (χ1) is 9.29. The van der Waals surface area contributed by atoms with E-state index in [2.05, 4.69) is 31.3 Å². The van der Waals surface area contributed by atoms with Crippen LogP contribution < -0.4 is 5.32 Å². The number of piperidine rings is 3. The molecule has 1 N–H and O–H groups in total. The fraction of sp³-hybridized carbons (Fsp3) is 0.615. The largest absolute Gasteiger partial charge is 0.366 e. The minimum Gasteiger partial charge on any atom is -0.366 e. The van der Waals surface area contributed by atoms with Crippen LogP contribution in [0.5, 0.6) is 0 Å². The highest BCUT2D eigenvalue weighted by Gasteiger charge is 2.34. The summed E-state index contributed by atoms with van der Waals surface area (Å²) in [6.07, 6.45) is 4.17. The van der Waals surface area contributed by atoms with Crippen LogP contribution in [0.4, 0.5) is 5.82 Å². The van der Waals surface area contributed by atoms with Crippen molar-refractivity contribution in [3.63, 3.8) is 0 Å². The van der Waals surface area contributed by atoms with Crippen LogP contribution in [0, 0.1) is 12.8 Å². The number of nitrogens with one attached hydrogen (secondary N) is 1. The number of fused-ring (bicyclic) bond motifs is 4. The van der Waals surface area contributed by atoms with Gasteiger partial charge in [-0.25, -0.2) is 4.98 Å². The van der Waals surface area contributed by atoms with Crippen molar-refractivity contribution in [3.8, 4) is 0 Å². The molecule has 3 aliphatic heterocycles. The molecule has 5 heterocycles. The van der Waals surface area contributed by atoms with E-state index in [9.17, 15) is 0 Å². The van der Waals surface area contributed by atoms with Crippen LogP contribution >= 0.6 is 0 Å². The molecule has 19 heavy (non-hydrogen) atoms. The second-order valence-electron chi connectivity index (χ2n) is 5.64. The molecule has 3 fully saturated rings. The quantitative estimate of drug-likeness (QED) is 0.868. The molecule has 2 bridgehead atoms. The summed E-state index contributed by atoms with van der Waals surface area (Å²) < 4.78 is 1.80. The highest BCUT2D eigenvalue weighted by molar-refractivity contribution is 5.45. The predicted molar refractivity (Wildman–Crippen MR) is 72.1 cm³/mol. The normalized spacial score (nSPS) is 29.8. The molecule has 0 spiro atoms. The zero-order chi connectivity index (χ0) is 12.8. The Labute approximate surface area is 111 Å². The van der Waals surface area contributed by atoms with Crippen LogP contribution in [0.3, 0.4) is 0 Å². The molecule has 2 aromatic heterocycles. The van der Waals surface area contributed by atoms with E-state index in [0.717, 1.165) is 24.0 Å². The molecule has 1 atom stereocenters. The van der Waals surface area contributed by atoms with E-state index in [0.29, 0.717) is 11.8 Å². The van der Waals surface area contributed by atoms with Gasteiger partial charge in [-0.05, 0) is 38.8 Å². The number of hydrogen-bond acceptors (Lipinski definition) is 5. The maximum atomic E-state index is 4.38. The van der Waals surface area contributed by atoms with E-state index in [-0.39, 0.29) is 0 Å². The molecular formula is C13H18N6. The van der Waals surface area contributed by atoms with Crippen LogP contribution in [0.2, 0.25) is 0 Å². The number of aryl methyl sites for hydroxylation is 1. The van der Waals surface area contributed by atoms with Gasteiger partial charge in [-0.1, -0.05) is 0 Å². The molecule has 0 aromatic carbocycles. The number of rotatable bonds is 2. The number of nitrogens with zero attached hydrogens (tertiary/aromatic N) is 5. The zero-order valence-electron chi connectivity index (χ0n) is 11.1. The molecule has 6 heteroatoms. The van der Waals surface area contributed by atoms with Crippen molar-refractivity contribution >= 4 is 11.6 Å². The summed E-state index contributed by atoms with van der Waals surface area (Å²) in [6.45, 7) is 5.66. The first-order valence-electron chi connectivity index (χ1n) is 6.96. The minimum atomic E-state index is 0.525. The van der Waals surface area contributed by atoms with Crippen molar-refractivity contribution in [1.29, 1.82) is 0 Å². The third-order valence-electron chi connectivity index (χ3n) is 4.37. The first-order valence-corrected chi connectivity index (χ1v) is 6.96. The van der Waals surface area contributed by atoms with E-state index in [4.69, 9.17) is 0 Å². The minimum absolute atomic E-state index is 0.525. The average Bonchev–Trinajstić information content (AvgIpc) is 2.88. The van der Waals surface area contributed by atoms with Gasteiger partial charge in [0.2, 0.25) is 0 Å². The number of hydrogen-bond donors (Lipinski definition) is 1. The third-order valence-corrected chi connectivity index (χ3v) is 4.37. The second-order valence-corrected chi connectivity index (χ2v) is 5.64. The number of anilines is 1. The molecule has 1 unspecified atom stereocenters. The van der Waals surface area contributed by atoms with E-state index in [1.807, 2.05) is 6.92 Å². The van der Waals surface area contributed by atoms with Crippen molar-refractivity contribution in [3.05, 3.63) is 18.1 Å². The van der Waals surface area contributed by atoms with Crippen molar-refractivity contribution in [2.75, 3.05) is 25.0 Å². The molecule has 5 rings (SSSR count). The smallest absolute Gasteiger partial charge is 0.254 e. The fourth-order valence-electron chi connectivity index (χ4n) is 3.35. The van der Waals surface area contributed by atoms with Gasteiger partial charge in [-0.15, -0.1) is 0 Å². The molecule has 6 nitrogen and oxygen atoms in total. The summed E-state index contributed by atoms with van der Waals surface area (Å²) in [5.41, 5.74) is 0.976. The lowest BCUT2D eigenvalue weighted by Gasteiger charge is -2.45. The molecule has 100 valence electrons. The van der Waals surface area contributed by atoms with Gasteiger partial charge >= 0.3 is 0 Å². The number of aromatic nitrogens is 4. The van der Waals surface area contributed by atoms with Gasteiger partial charge in [-0.3, -0.25) is 0 Å². The Balaban J connectivity index is 1.66. The summed E-state index contributed by atoms with van der Waals surface area (Å²) in [5.74, 6) is 2.47. The highest BCUT2D eigenvalue weighted by Crippen LogP contribution is 2.29. The summed E-state index contributed by atoms with van der Waals surface area (Å²) >= 11 is 0. The predicted octanol–water partition coefficient (Wildman–Crippen LogP) is 0.939. The lowest BCUT2D eigenvalue weighted by molar-refractivity contribution is 0.0973. The lowest BCUT2D eigenvalue weighted by Crippen LogP contribution is -2.53. The van der Waals surface area contributed by atoms with Gasteiger partial charge in [0.05, 0.1) is 0 Å². The summed E-state index contributed by atoms with van der Waals surface area (Å²) in [6, 6.07) is 2.58. The Bertz CT molecular complexity index is 598. The topological polar surface area (TPSA) is 58.4 Å². The fourth-order valence-corrected chi connectivity index (χ4v) is 3.35. The Kier molecular flexibility index (Phi) is 2.44. The summed E-state index contributed by atoms with van der Waals surface area (Å²) in [4.78, 5) is 11.1. The molecule has 3 aliphatic rings. The van der Waals surface area contributed by atoms with Crippen LogP contribution in [-0.4, -0.2) is 50.2 Å². The Hall–Kier alpha value is -1.69. The average molecular weight is 258 g/mol. The van der Waals surface area contributed by atoms with Crippen molar-refractivity contribution in [1.82, 2.24) is 24.5 Å². The van der Waals surface area contributed by atoms with Crippen molar-refractivity contribution in [2.24, 2.45) is 5.92 Å². The van der Waals surface area contributed by atoms with E-state index >= 15 is 0 Å². The van der Waals surface area contributed by atoms with E-state index in [1.165, 1.54) is 25.9 Å². The Morgan fingerprint density at radius 3 is 2.89 bits per heavy atom. The summed E-state index contributed by atoms with van der Waals surface area (Å²) in [7, 11) is 0. The SMILES string of the molecule is Cc1cc(NC2CN3CCC2CC3)n2ncnc2n1. The molecule has 0 radical (unpaired) electrons. The molecule has 2 aromatic rings. The molecule has 0 amide bonds. The van der Waals surface area contributed by atoms with Gasteiger partial charge < -0.3 is 10.2 Å². The lowest BCUT2D eigenvalue weighted by atomic mass is 9.84. The maximum Gasteiger partial charge on any atom is 0.254 e. The standard InChI is InChI=1S/C13H18N6/c1-9-6-12(19-13(16-9)14-8-15-19)17-11-7-18-4-2-10(11)3-5-18/h6,8,10-11,17H,2-5,7H2,1H3. The Morgan fingerprint density at radius 1 is 1.32 bits per heavy atom. The molecule has 0 aliphatic carbocycles. The molecular weight excluding hydrogens is 240 g/mol. The molecule has 3 saturated heterocycles. The highest BCUT2D eigenvalue weighted by atomic mass is 15.4. The van der Waals surface area contributed by atoms with Crippen molar-refractivity contribution < 1.29 is 0 Å². The van der Waals surface area contributed by atoms with E-state index in [1.54, 1.807) is 10.8 Å². The van der Waals surface area contributed by atoms with Gasteiger partial charge in [0, 0.05) is 24.3 Å². The van der Waals surface area contributed by atoms with Gasteiger partial charge in [0.15, 0.2) is 0 Å². The molecule has 0 saturated carbocycles. The summed E-state index contributed by atoms with van der Waals surface area (Å²) in [5, 5.41) is 7.92. The van der Waals surface area contributed by atoms with Crippen LogP contribution in [-0.2, 0) is 0 Å². The third kappa shape index (κ3) is 1.87. The Morgan fingerprint density at radius 2 is 2.16 bits per heavy atom. The monoisotopic (exact) mass is 258 g/mol. The van der Waals surface area contributed by atoms with Gasteiger partial charge in [0.1, 0.15) is 12.1 Å². The van der Waals surface area contributed by atoms with Crippen molar-refractivity contribution in [2.45, 2.75) is 25.8 Å². The van der Waals surface area contributed by atoms with Gasteiger partial charge in [-0.2, -0.15) is 14.6 Å².